The van der Waals surface area contributed by atoms with Gasteiger partial charge in [-0.2, -0.15) is 9.41 Å². The summed E-state index contributed by atoms with van der Waals surface area (Å²) in [4.78, 5) is 12.6. The van der Waals surface area contributed by atoms with Crippen molar-refractivity contribution in [2.24, 2.45) is 5.10 Å². The SMILES string of the molecule is Cc1ccc(S(=O)(=O)N(CC(=O)N/N=C\c2ccc(Cl)c(Cl)c2)Cc2cccc(Cl)c2)cc1. The topological polar surface area (TPSA) is 78.8 Å². The molecule has 0 unspecified atom stereocenters. The van der Waals surface area contributed by atoms with Gasteiger partial charge in [-0.25, -0.2) is 13.8 Å². The Hall–Kier alpha value is -2.42. The number of hydrogen-bond donors (Lipinski definition) is 1. The zero-order chi connectivity index (χ0) is 24.0. The molecule has 0 aliphatic carbocycles. The first kappa shape index (κ1) is 25.2. The van der Waals surface area contributed by atoms with Gasteiger partial charge in [0, 0.05) is 11.6 Å². The van der Waals surface area contributed by atoms with Gasteiger partial charge in [0.2, 0.25) is 10.0 Å². The van der Waals surface area contributed by atoms with Crippen LogP contribution < -0.4 is 5.43 Å². The summed E-state index contributed by atoms with van der Waals surface area (Å²) in [5.74, 6) is -0.607. The molecular formula is C23H20Cl3N3O3S. The molecule has 3 aromatic rings. The molecule has 1 amide bonds. The Bertz CT molecular complexity index is 1280. The van der Waals surface area contributed by atoms with Crippen molar-refractivity contribution in [3.8, 4) is 0 Å². The van der Waals surface area contributed by atoms with Crippen molar-refractivity contribution < 1.29 is 13.2 Å². The molecule has 0 bridgehead atoms. The molecule has 0 aromatic heterocycles. The third-order valence-corrected chi connectivity index (χ3v) is 7.35. The lowest BCUT2D eigenvalue weighted by Gasteiger charge is -2.21. The number of halogens is 3. The number of hydrogen-bond acceptors (Lipinski definition) is 4. The number of nitrogens with zero attached hydrogens (tertiary/aromatic N) is 2. The number of rotatable bonds is 8. The van der Waals surface area contributed by atoms with Gasteiger partial charge >= 0.3 is 0 Å². The van der Waals surface area contributed by atoms with Gasteiger partial charge in [0.25, 0.3) is 5.91 Å². The van der Waals surface area contributed by atoms with Crippen LogP contribution >= 0.6 is 34.8 Å². The van der Waals surface area contributed by atoms with E-state index < -0.39 is 22.5 Å². The Labute approximate surface area is 207 Å². The first-order valence-corrected chi connectivity index (χ1v) is 12.3. The minimum absolute atomic E-state index is 0.0410. The van der Waals surface area contributed by atoms with Crippen LogP contribution in [0.3, 0.4) is 0 Å². The molecule has 3 rings (SSSR count). The second-order valence-electron chi connectivity index (χ2n) is 7.18. The smallest absolute Gasteiger partial charge is 0.255 e. The number of carbonyl (C=O) groups is 1. The third-order valence-electron chi connectivity index (χ3n) is 4.57. The quantitative estimate of drug-likeness (QED) is 0.321. The molecule has 33 heavy (non-hydrogen) atoms. The Morgan fingerprint density at radius 2 is 1.73 bits per heavy atom. The molecule has 0 fully saturated rings. The van der Waals surface area contributed by atoms with E-state index in [1.807, 2.05) is 6.92 Å². The molecule has 0 spiro atoms. The summed E-state index contributed by atoms with van der Waals surface area (Å²) in [6, 6.07) is 18.1. The van der Waals surface area contributed by atoms with Gasteiger partial charge in [-0.3, -0.25) is 4.79 Å². The van der Waals surface area contributed by atoms with E-state index in [4.69, 9.17) is 34.8 Å². The summed E-state index contributed by atoms with van der Waals surface area (Å²) < 4.78 is 27.6. The van der Waals surface area contributed by atoms with Gasteiger partial charge in [-0.1, -0.05) is 70.7 Å². The molecule has 3 aromatic carbocycles. The average molecular weight is 525 g/mol. The number of hydrazone groups is 1. The van der Waals surface area contributed by atoms with Crippen molar-refractivity contribution >= 4 is 56.9 Å². The maximum absolute atomic E-state index is 13.3. The summed E-state index contributed by atoms with van der Waals surface area (Å²) in [5.41, 5.74) is 4.53. The maximum Gasteiger partial charge on any atom is 0.255 e. The molecule has 0 radical (unpaired) electrons. The van der Waals surface area contributed by atoms with Crippen LogP contribution in [0.15, 0.2) is 76.7 Å². The van der Waals surface area contributed by atoms with E-state index in [1.54, 1.807) is 54.6 Å². The van der Waals surface area contributed by atoms with E-state index in [-0.39, 0.29) is 11.4 Å². The molecule has 0 atom stereocenters. The van der Waals surface area contributed by atoms with E-state index >= 15 is 0 Å². The van der Waals surface area contributed by atoms with Crippen LogP contribution in [0.1, 0.15) is 16.7 Å². The predicted octanol–water partition coefficient (Wildman–Crippen LogP) is 5.30. The second-order valence-corrected chi connectivity index (χ2v) is 10.4. The van der Waals surface area contributed by atoms with Crippen LogP contribution in [0, 0.1) is 6.92 Å². The van der Waals surface area contributed by atoms with Crippen molar-refractivity contribution in [1.82, 2.24) is 9.73 Å². The predicted molar refractivity (Wildman–Crippen MR) is 132 cm³/mol. The lowest BCUT2D eigenvalue weighted by Crippen LogP contribution is -2.39. The van der Waals surface area contributed by atoms with Crippen molar-refractivity contribution in [2.75, 3.05) is 6.54 Å². The monoisotopic (exact) mass is 523 g/mol. The Morgan fingerprint density at radius 3 is 2.39 bits per heavy atom. The first-order chi connectivity index (χ1) is 15.6. The van der Waals surface area contributed by atoms with Gasteiger partial charge in [0.1, 0.15) is 0 Å². The molecule has 0 aliphatic heterocycles. The number of aryl methyl sites for hydroxylation is 1. The zero-order valence-electron chi connectivity index (χ0n) is 17.5. The summed E-state index contributed by atoms with van der Waals surface area (Å²) in [6.07, 6.45) is 1.38. The van der Waals surface area contributed by atoms with Crippen LogP contribution in [-0.4, -0.2) is 31.4 Å². The van der Waals surface area contributed by atoms with Gasteiger partial charge in [-0.15, -0.1) is 0 Å². The highest BCUT2D eigenvalue weighted by atomic mass is 35.5. The molecular weight excluding hydrogens is 505 g/mol. The molecule has 0 heterocycles. The standard InChI is InChI=1S/C23H20Cl3N3O3S/c1-16-5-8-20(9-6-16)33(31,32)29(14-18-3-2-4-19(24)11-18)15-23(30)28-27-13-17-7-10-21(25)22(26)12-17/h2-13H,14-15H2,1H3,(H,28,30)/b27-13-. The van der Waals surface area contributed by atoms with E-state index in [9.17, 15) is 13.2 Å². The fourth-order valence-corrected chi connectivity index (χ4v) is 4.79. The van der Waals surface area contributed by atoms with Crippen LogP contribution in [0.25, 0.3) is 0 Å². The van der Waals surface area contributed by atoms with Crippen LogP contribution in [-0.2, 0) is 21.4 Å². The molecule has 6 nitrogen and oxygen atoms in total. The van der Waals surface area contributed by atoms with E-state index in [0.29, 0.717) is 26.2 Å². The number of sulfonamides is 1. The summed E-state index contributed by atoms with van der Waals surface area (Å²) in [7, 11) is -3.97. The Morgan fingerprint density at radius 1 is 1.00 bits per heavy atom. The van der Waals surface area contributed by atoms with E-state index in [1.165, 1.54) is 18.3 Å². The van der Waals surface area contributed by atoms with Crippen molar-refractivity contribution in [1.29, 1.82) is 0 Å². The van der Waals surface area contributed by atoms with E-state index in [0.717, 1.165) is 9.87 Å². The van der Waals surface area contributed by atoms with Gasteiger partial charge in [0.15, 0.2) is 0 Å². The summed E-state index contributed by atoms with van der Waals surface area (Å²) in [6.45, 7) is 1.38. The number of benzene rings is 3. The van der Waals surface area contributed by atoms with E-state index in [2.05, 4.69) is 10.5 Å². The van der Waals surface area contributed by atoms with Crippen molar-refractivity contribution in [3.63, 3.8) is 0 Å². The molecule has 1 N–H and O–H groups in total. The minimum Gasteiger partial charge on any atom is -0.272 e. The highest BCUT2D eigenvalue weighted by Crippen LogP contribution is 2.22. The fourth-order valence-electron chi connectivity index (χ4n) is 2.89. The number of amides is 1. The lowest BCUT2D eigenvalue weighted by atomic mass is 10.2. The average Bonchev–Trinajstić information content (AvgIpc) is 2.76. The number of carbonyl (C=O) groups excluding carboxylic acids is 1. The molecule has 0 aliphatic rings. The second kappa shape index (κ2) is 11.1. The minimum atomic E-state index is -3.97. The van der Waals surface area contributed by atoms with Crippen LogP contribution in [0.4, 0.5) is 0 Å². The van der Waals surface area contributed by atoms with Crippen LogP contribution in [0.2, 0.25) is 15.1 Å². The van der Waals surface area contributed by atoms with Crippen LogP contribution in [0.5, 0.6) is 0 Å². The van der Waals surface area contributed by atoms with Crippen molar-refractivity contribution in [3.05, 3.63) is 98.5 Å². The maximum atomic E-state index is 13.3. The molecule has 172 valence electrons. The van der Waals surface area contributed by atoms with Gasteiger partial charge in [-0.05, 0) is 54.4 Å². The van der Waals surface area contributed by atoms with Crippen molar-refractivity contribution in [2.45, 2.75) is 18.4 Å². The van der Waals surface area contributed by atoms with Gasteiger partial charge in [0.05, 0.1) is 27.7 Å². The summed E-state index contributed by atoms with van der Waals surface area (Å²) in [5, 5.41) is 5.10. The molecule has 0 saturated carbocycles. The summed E-state index contributed by atoms with van der Waals surface area (Å²) >= 11 is 17.9. The van der Waals surface area contributed by atoms with Gasteiger partial charge < -0.3 is 0 Å². The first-order valence-electron chi connectivity index (χ1n) is 9.73. The zero-order valence-corrected chi connectivity index (χ0v) is 20.6. The molecule has 10 heteroatoms. The normalized spacial score (nSPS) is 11.8. The Balaban J connectivity index is 1.79. The largest absolute Gasteiger partial charge is 0.272 e. The highest BCUT2D eigenvalue weighted by molar-refractivity contribution is 7.89. The number of nitrogens with one attached hydrogen (secondary N) is 1. The fraction of sp³-hybridized carbons (Fsp3) is 0.130. The lowest BCUT2D eigenvalue weighted by molar-refractivity contribution is -0.121. The Kier molecular flexibility index (Phi) is 8.51. The third kappa shape index (κ3) is 7.03. The molecule has 0 saturated heterocycles. The highest BCUT2D eigenvalue weighted by Gasteiger charge is 2.27.